The third-order valence-corrected chi connectivity index (χ3v) is 5.83. The van der Waals surface area contributed by atoms with Crippen molar-refractivity contribution in [1.29, 1.82) is 0 Å². The molecule has 1 aromatic carbocycles. The molecule has 0 bridgehead atoms. The Morgan fingerprint density at radius 3 is 2.54 bits per heavy atom. The molecule has 24 heavy (non-hydrogen) atoms. The molecule has 0 spiro atoms. The quantitative estimate of drug-likeness (QED) is 0.541. The minimum atomic E-state index is 0.0237. The highest BCUT2D eigenvalue weighted by molar-refractivity contribution is 7.98. The van der Waals surface area contributed by atoms with Gasteiger partial charge in [0.2, 0.25) is 0 Å². The van der Waals surface area contributed by atoms with Gasteiger partial charge in [0.15, 0.2) is 5.76 Å². The molecular formula is C20H25NO2S. The molecule has 2 aromatic rings. The van der Waals surface area contributed by atoms with E-state index in [2.05, 4.69) is 12.1 Å². The van der Waals surface area contributed by atoms with E-state index in [0.717, 1.165) is 24.2 Å². The van der Waals surface area contributed by atoms with E-state index in [1.165, 1.54) is 30.6 Å². The lowest BCUT2D eigenvalue weighted by molar-refractivity contribution is 0.0684. The first-order chi connectivity index (χ1) is 11.8. The van der Waals surface area contributed by atoms with Crippen LogP contribution < -0.4 is 0 Å². The van der Waals surface area contributed by atoms with Gasteiger partial charge >= 0.3 is 0 Å². The van der Waals surface area contributed by atoms with Crippen LogP contribution in [0, 0.1) is 0 Å². The molecule has 0 radical (unpaired) electrons. The summed E-state index contributed by atoms with van der Waals surface area (Å²) in [4.78, 5) is 16.0. The lowest BCUT2D eigenvalue weighted by atomic mass is 10.1. The van der Waals surface area contributed by atoms with Crippen molar-refractivity contribution >= 4 is 17.7 Å². The minimum Gasteiger partial charge on any atom is -0.459 e. The van der Waals surface area contributed by atoms with Gasteiger partial charge in [-0.25, -0.2) is 0 Å². The Bertz CT molecular complexity index is 645. The van der Waals surface area contributed by atoms with Crippen LogP contribution in [0.4, 0.5) is 0 Å². The second-order valence-corrected chi connectivity index (χ2v) is 7.49. The summed E-state index contributed by atoms with van der Waals surface area (Å²) >= 11 is 1.73. The van der Waals surface area contributed by atoms with E-state index >= 15 is 0 Å². The van der Waals surface area contributed by atoms with Crippen LogP contribution >= 0.6 is 11.8 Å². The van der Waals surface area contributed by atoms with Crippen molar-refractivity contribution in [2.24, 2.45) is 0 Å². The van der Waals surface area contributed by atoms with Gasteiger partial charge in [0.25, 0.3) is 5.91 Å². The summed E-state index contributed by atoms with van der Waals surface area (Å²) < 4.78 is 5.55. The normalized spacial score (nSPS) is 15.9. The molecule has 3 nitrogen and oxygen atoms in total. The maximum absolute atomic E-state index is 12.9. The maximum atomic E-state index is 12.9. The molecule has 0 unspecified atom stereocenters. The molecule has 1 aromatic heterocycles. The molecule has 1 amide bonds. The third-order valence-electron chi connectivity index (χ3n) is 4.77. The fourth-order valence-corrected chi connectivity index (χ4v) is 4.18. The van der Waals surface area contributed by atoms with Crippen LogP contribution in [0.25, 0.3) is 0 Å². The van der Waals surface area contributed by atoms with Crippen LogP contribution in [0.15, 0.2) is 52.0 Å². The summed E-state index contributed by atoms with van der Waals surface area (Å²) in [7, 11) is 1.93. The van der Waals surface area contributed by atoms with E-state index in [-0.39, 0.29) is 5.91 Å². The average Bonchev–Trinajstić information content (AvgIpc) is 2.92. The highest BCUT2D eigenvalue weighted by atomic mass is 32.2. The van der Waals surface area contributed by atoms with E-state index in [1.54, 1.807) is 18.0 Å². The van der Waals surface area contributed by atoms with Gasteiger partial charge in [-0.1, -0.05) is 43.9 Å². The van der Waals surface area contributed by atoms with Gasteiger partial charge in [0.05, 0.1) is 6.26 Å². The Labute approximate surface area is 148 Å². The van der Waals surface area contributed by atoms with Crippen molar-refractivity contribution in [1.82, 2.24) is 4.90 Å². The van der Waals surface area contributed by atoms with Gasteiger partial charge in [-0.05, 0) is 31.0 Å². The number of amides is 1. The molecular weight excluding hydrogens is 318 g/mol. The summed E-state index contributed by atoms with van der Waals surface area (Å²) in [5.74, 6) is 1.28. The number of carbonyl (C=O) groups excluding carboxylic acids is 1. The van der Waals surface area contributed by atoms with Gasteiger partial charge < -0.3 is 9.32 Å². The Balaban J connectivity index is 1.65. The fourth-order valence-electron chi connectivity index (χ4n) is 3.29. The monoisotopic (exact) mass is 343 g/mol. The van der Waals surface area contributed by atoms with Crippen molar-refractivity contribution in [3.8, 4) is 0 Å². The Morgan fingerprint density at radius 2 is 1.83 bits per heavy atom. The van der Waals surface area contributed by atoms with Crippen LogP contribution in [0.3, 0.4) is 0 Å². The van der Waals surface area contributed by atoms with Crippen LogP contribution in [-0.4, -0.2) is 23.9 Å². The zero-order valence-electron chi connectivity index (χ0n) is 14.2. The Hall–Kier alpha value is -1.68. The molecule has 0 atom stereocenters. The molecule has 1 saturated carbocycles. The van der Waals surface area contributed by atoms with E-state index in [1.807, 2.05) is 36.2 Å². The van der Waals surface area contributed by atoms with E-state index in [0.29, 0.717) is 11.8 Å². The van der Waals surface area contributed by atoms with Gasteiger partial charge in [-0.15, -0.1) is 11.8 Å². The molecule has 0 saturated heterocycles. The van der Waals surface area contributed by atoms with Crippen molar-refractivity contribution in [3.63, 3.8) is 0 Å². The predicted octanol–water partition coefficient (Wildman–Crippen LogP) is 5.37. The lowest BCUT2D eigenvalue weighted by Crippen LogP contribution is -2.36. The number of rotatable bonds is 5. The van der Waals surface area contributed by atoms with Gasteiger partial charge in [-0.2, -0.15) is 0 Å². The number of nitrogens with zero attached hydrogens (tertiary/aromatic N) is 1. The molecule has 1 aliphatic rings. The van der Waals surface area contributed by atoms with E-state index in [9.17, 15) is 4.79 Å². The highest BCUT2D eigenvalue weighted by Crippen LogP contribution is 2.27. The molecule has 128 valence electrons. The first-order valence-corrected chi connectivity index (χ1v) is 9.75. The summed E-state index contributed by atoms with van der Waals surface area (Å²) in [5.41, 5.74) is 0.981. The largest absolute Gasteiger partial charge is 0.459 e. The number of thioether (sulfide) groups is 1. The fraction of sp³-hybridized carbons (Fsp3) is 0.450. The smallest absolute Gasteiger partial charge is 0.289 e. The van der Waals surface area contributed by atoms with E-state index in [4.69, 9.17) is 4.42 Å². The zero-order valence-corrected chi connectivity index (χ0v) is 15.1. The molecule has 0 aliphatic heterocycles. The summed E-state index contributed by atoms with van der Waals surface area (Å²) in [6.45, 7) is 0. The van der Waals surface area contributed by atoms with Crippen molar-refractivity contribution in [2.45, 2.75) is 55.2 Å². The van der Waals surface area contributed by atoms with Crippen molar-refractivity contribution in [2.75, 3.05) is 7.05 Å². The van der Waals surface area contributed by atoms with Crippen LogP contribution in [-0.2, 0) is 5.75 Å². The first-order valence-electron chi connectivity index (χ1n) is 8.77. The number of carbonyl (C=O) groups is 1. The molecule has 4 heteroatoms. The summed E-state index contributed by atoms with van der Waals surface area (Å²) in [6, 6.07) is 12.5. The molecule has 3 rings (SSSR count). The summed E-state index contributed by atoms with van der Waals surface area (Å²) in [6.07, 6.45) is 8.87. The average molecular weight is 343 g/mol. The van der Waals surface area contributed by atoms with Crippen LogP contribution in [0.2, 0.25) is 0 Å². The number of hydrogen-bond acceptors (Lipinski definition) is 3. The van der Waals surface area contributed by atoms with E-state index < -0.39 is 0 Å². The van der Waals surface area contributed by atoms with Gasteiger partial charge in [-0.3, -0.25) is 4.79 Å². The topological polar surface area (TPSA) is 33.5 Å². The van der Waals surface area contributed by atoms with Crippen molar-refractivity contribution in [3.05, 3.63) is 54.0 Å². The minimum absolute atomic E-state index is 0.0237. The van der Waals surface area contributed by atoms with Crippen molar-refractivity contribution < 1.29 is 9.21 Å². The standard InChI is InChI=1S/C20H25NO2S/c1-21(17-9-5-2-3-6-10-17)20(22)19-16(13-14-23-19)15-24-18-11-7-4-8-12-18/h4,7-8,11-14,17H,2-3,5-6,9-10,15H2,1H3. The maximum Gasteiger partial charge on any atom is 0.289 e. The molecule has 1 aliphatic carbocycles. The number of benzene rings is 1. The number of hydrogen-bond donors (Lipinski definition) is 0. The SMILES string of the molecule is CN(C(=O)c1occc1CSc1ccccc1)C1CCCCCC1. The van der Waals surface area contributed by atoms with Gasteiger partial charge in [0.1, 0.15) is 0 Å². The zero-order chi connectivity index (χ0) is 16.8. The highest BCUT2D eigenvalue weighted by Gasteiger charge is 2.25. The first kappa shape index (κ1) is 17.2. The van der Waals surface area contributed by atoms with Gasteiger partial charge in [0, 0.05) is 29.3 Å². The van der Waals surface area contributed by atoms with Crippen LogP contribution in [0.1, 0.15) is 54.6 Å². The lowest BCUT2D eigenvalue weighted by Gasteiger charge is -2.26. The van der Waals surface area contributed by atoms with Crippen LogP contribution in [0.5, 0.6) is 0 Å². The summed E-state index contributed by atoms with van der Waals surface area (Å²) in [5, 5.41) is 0. The third kappa shape index (κ3) is 4.23. The molecule has 1 fully saturated rings. The molecule has 0 N–H and O–H groups in total. The predicted molar refractivity (Wildman–Crippen MR) is 98.3 cm³/mol. The molecule has 1 heterocycles. The second-order valence-electron chi connectivity index (χ2n) is 6.44. The number of furan rings is 1. The Morgan fingerprint density at radius 1 is 1.12 bits per heavy atom. The second kappa shape index (κ2) is 8.43. The Kier molecular flexibility index (Phi) is 6.02.